The highest BCUT2D eigenvalue weighted by Gasteiger charge is 2.31. The molecule has 0 aromatic rings. The van der Waals surface area contributed by atoms with Crippen LogP contribution in [0.25, 0.3) is 0 Å². The summed E-state index contributed by atoms with van der Waals surface area (Å²) in [6.45, 7) is 3.40. The molecular formula is C7H12F3N3. The van der Waals surface area contributed by atoms with Crippen molar-refractivity contribution in [1.82, 2.24) is 0 Å². The molecule has 0 fully saturated rings. The van der Waals surface area contributed by atoms with E-state index in [0.29, 0.717) is 6.08 Å². The van der Waals surface area contributed by atoms with Gasteiger partial charge in [0.25, 0.3) is 0 Å². The molecule has 0 aliphatic rings. The molecule has 0 aliphatic heterocycles. The van der Waals surface area contributed by atoms with Crippen LogP contribution in [0.2, 0.25) is 0 Å². The minimum Gasteiger partial charge on any atom is -0.395 e. The molecule has 0 spiro atoms. The third kappa shape index (κ3) is 5.10. The number of nitrogens with zero attached hydrogens (tertiary/aromatic N) is 1. The molecule has 0 amide bonds. The molecular weight excluding hydrogens is 183 g/mol. The summed E-state index contributed by atoms with van der Waals surface area (Å²) in [5, 5.41) is 0. The third-order valence-electron chi connectivity index (χ3n) is 1.04. The van der Waals surface area contributed by atoms with Gasteiger partial charge in [-0.15, -0.1) is 0 Å². The van der Waals surface area contributed by atoms with E-state index in [1.807, 2.05) is 0 Å². The fourth-order valence-electron chi connectivity index (χ4n) is 0.577. The molecule has 3 nitrogen and oxygen atoms in total. The van der Waals surface area contributed by atoms with Gasteiger partial charge in [-0.05, 0) is 13.8 Å². The van der Waals surface area contributed by atoms with Crippen LogP contribution in [0.15, 0.2) is 16.8 Å². The first-order valence-electron chi connectivity index (χ1n) is 3.61. The van der Waals surface area contributed by atoms with E-state index in [1.54, 1.807) is 13.8 Å². The standard InChI is InChI=1S/C7H12F3N3/c1-4(2)13-6(12)3-5(11)7(8,9)10/h3-4H,11H2,1-2H3,(H2,12,13). The average Bonchev–Trinajstić information content (AvgIpc) is 1.82. The van der Waals surface area contributed by atoms with E-state index in [2.05, 4.69) is 4.99 Å². The Labute approximate surface area is 74.3 Å². The monoisotopic (exact) mass is 195 g/mol. The lowest BCUT2D eigenvalue weighted by Crippen LogP contribution is -2.23. The average molecular weight is 195 g/mol. The summed E-state index contributed by atoms with van der Waals surface area (Å²) >= 11 is 0. The summed E-state index contributed by atoms with van der Waals surface area (Å²) in [6.07, 6.45) is -3.93. The summed E-state index contributed by atoms with van der Waals surface area (Å²) in [5.74, 6) is -0.218. The molecule has 0 rings (SSSR count). The highest BCUT2D eigenvalue weighted by molar-refractivity contribution is 5.92. The molecule has 0 heterocycles. The topological polar surface area (TPSA) is 64.4 Å². The SMILES string of the molecule is CC(C)N=C(N)C=C(N)C(F)(F)F. The first-order valence-corrected chi connectivity index (χ1v) is 3.61. The summed E-state index contributed by atoms with van der Waals surface area (Å²) in [5.41, 5.74) is 8.63. The van der Waals surface area contributed by atoms with Crippen LogP contribution in [0.5, 0.6) is 0 Å². The van der Waals surface area contributed by atoms with Crippen LogP contribution in [-0.4, -0.2) is 18.1 Å². The predicted octanol–water partition coefficient (Wildman–Crippen LogP) is 1.16. The molecule has 6 heteroatoms. The van der Waals surface area contributed by atoms with Gasteiger partial charge in [0.2, 0.25) is 0 Å². The van der Waals surface area contributed by atoms with Crippen LogP contribution in [0, 0.1) is 0 Å². The van der Waals surface area contributed by atoms with E-state index >= 15 is 0 Å². The minimum absolute atomic E-state index is 0.155. The van der Waals surface area contributed by atoms with Crippen LogP contribution >= 0.6 is 0 Å². The highest BCUT2D eigenvalue weighted by Crippen LogP contribution is 2.20. The van der Waals surface area contributed by atoms with Gasteiger partial charge in [-0.25, -0.2) is 0 Å². The van der Waals surface area contributed by atoms with E-state index in [9.17, 15) is 13.2 Å². The Kier molecular flexibility index (Phi) is 3.77. The summed E-state index contributed by atoms with van der Waals surface area (Å²) in [6, 6.07) is -0.155. The Morgan fingerprint density at radius 1 is 1.31 bits per heavy atom. The van der Waals surface area contributed by atoms with Crippen molar-refractivity contribution < 1.29 is 13.2 Å². The number of aliphatic imine (C=N–C) groups is 1. The smallest absolute Gasteiger partial charge is 0.395 e. The lowest BCUT2D eigenvalue weighted by atomic mass is 10.3. The maximum Gasteiger partial charge on any atom is 0.430 e. The molecule has 0 aromatic carbocycles. The van der Waals surface area contributed by atoms with E-state index in [4.69, 9.17) is 11.5 Å². The number of allylic oxidation sites excluding steroid dienone is 1. The van der Waals surface area contributed by atoms with Gasteiger partial charge >= 0.3 is 6.18 Å². The molecule has 0 radical (unpaired) electrons. The zero-order chi connectivity index (χ0) is 10.6. The van der Waals surface area contributed by atoms with Crippen molar-refractivity contribution in [3.05, 3.63) is 11.8 Å². The van der Waals surface area contributed by atoms with E-state index in [1.165, 1.54) is 0 Å². The molecule has 76 valence electrons. The largest absolute Gasteiger partial charge is 0.430 e. The molecule has 13 heavy (non-hydrogen) atoms. The number of nitrogens with two attached hydrogens (primary N) is 2. The van der Waals surface area contributed by atoms with Gasteiger partial charge < -0.3 is 11.5 Å². The maximum absolute atomic E-state index is 11.8. The second kappa shape index (κ2) is 4.15. The lowest BCUT2D eigenvalue weighted by molar-refractivity contribution is -0.0925. The van der Waals surface area contributed by atoms with Gasteiger partial charge in [0.1, 0.15) is 11.5 Å². The maximum atomic E-state index is 11.8. The van der Waals surface area contributed by atoms with Crippen LogP contribution in [-0.2, 0) is 0 Å². The summed E-state index contributed by atoms with van der Waals surface area (Å²) in [7, 11) is 0. The van der Waals surface area contributed by atoms with Crippen LogP contribution in [0.3, 0.4) is 0 Å². The third-order valence-corrected chi connectivity index (χ3v) is 1.04. The van der Waals surface area contributed by atoms with Gasteiger partial charge in [0, 0.05) is 12.1 Å². The van der Waals surface area contributed by atoms with Crippen LogP contribution in [0.1, 0.15) is 13.8 Å². The summed E-state index contributed by atoms with van der Waals surface area (Å²) < 4.78 is 35.5. The Morgan fingerprint density at radius 2 is 1.77 bits per heavy atom. The second-order valence-electron chi connectivity index (χ2n) is 2.75. The number of amidine groups is 1. The molecule has 0 aliphatic carbocycles. The molecule has 0 aromatic heterocycles. The molecule has 0 atom stereocenters. The number of rotatable bonds is 2. The van der Waals surface area contributed by atoms with Crippen LogP contribution in [0.4, 0.5) is 13.2 Å². The number of hydrogen-bond donors (Lipinski definition) is 2. The van der Waals surface area contributed by atoms with Crippen molar-refractivity contribution in [2.45, 2.75) is 26.1 Å². The van der Waals surface area contributed by atoms with E-state index in [-0.39, 0.29) is 11.9 Å². The number of halogens is 3. The fraction of sp³-hybridized carbons (Fsp3) is 0.571. The van der Waals surface area contributed by atoms with E-state index in [0.717, 1.165) is 0 Å². The number of hydrogen-bond acceptors (Lipinski definition) is 2. The Hall–Kier alpha value is -1.20. The van der Waals surface area contributed by atoms with Gasteiger partial charge in [-0.3, -0.25) is 4.99 Å². The molecule has 0 unspecified atom stereocenters. The van der Waals surface area contributed by atoms with Crippen molar-refractivity contribution in [3.8, 4) is 0 Å². The Bertz CT molecular complexity index is 228. The van der Waals surface area contributed by atoms with Gasteiger partial charge in [-0.1, -0.05) is 0 Å². The van der Waals surface area contributed by atoms with Crippen molar-refractivity contribution in [3.63, 3.8) is 0 Å². The Balaban J connectivity index is 4.58. The van der Waals surface area contributed by atoms with Gasteiger partial charge in [-0.2, -0.15) is 13.2 Å². The minimum atomic E-state index is -4.54. The van der Waals surface area contributed by atoms with Crippen molar-refractivity contribution in [1.29, 1.82) is 0 Å². The number of alkyl halides is 3. The zero-order valence-corrected chi connectivity index (χ0v) is 7.39. The molecule has 0 saturated carbocycles. The highest BCUT2D eigenvalue weighted by atomic mass is 19.4. The van der Waals surface area contributed by atoms with E-state index < -0.39 is 11.9 Å². The van der Waals surface area contributed by atoms with Crippen molar-refractivity contribution in [2.75, 3.05) is 0 Å². The molecule has 4 N–H and O–H groups in total. The summed E-state index contributed by atoms with van der Waals surface area (Å²) in [4.78, 5) is 3.67. The van der Waals surface area contributed by atoms with Crippen molar-refractivity contribution >= 4 is 5.84 Å². The first-order chi connectivity index (χ1) is 5.73. The normalized spacial score (nSPS) is 15.2. The molecule has 0 saturated heterocycles. The predicted molar refractivity (Wildman–Crippen MR) is 45.1 cm³/mol. The Morgan fingerprint density at radius 3 is 2.08 bits per heavy atom. The lowest BCUT2D eigenvalue weighted by Gasteiger charge is -2.06. The second-order valence-corrected chi connectivity index (χ2v) is 2.75. The first kappa shape index (κ1) is 11.8. The van der Waals surface area contributed by atoms with Gasteiger partial charge in [0.15, 0.2) is 0 Å². The molecule has 0 bridgehead atoms. The zero-order valence-electron chi connectivity index (χ0n) is 7.39. The van der Waals surface area contributed by atoms with Crippen molar-refractivity contribution in [2.24, 2.45) is 16.5 Å². The van der Waals surface area contributed by atoms with Crippen LogP contribution < -0.4 is 11.5 Å². The van der Waals surface area contributed by atoms with Gasteiger partial charge in [0.05, 0.1) is 0 Å². The quantitative estimate of drug-likeness (QED) is 0.513. The fourth-order valence-corrected chi connectivity index (χ4v) is 0.577.